The maximum absolute atomic E-state index is 12.5. The lowest BCUT2D eigenvalue weighted by molar-refractivity contribution is 0.0991. The maximum Gasteiger partial charge on any atom is 0.291 e. The van der Waals surface area contributed by atoms with Crippen LogP contribution in [0.1, 0.15) is 10.6 Å². The van der Waals surface area contributed by atoms with Crippen LogP contribution in [0.3, 0.4) is 0 Å². The Morgan fingerprint density at radius 2 is 1.68 bits per heavy atom. The van der Waals surface area contributed by atoms with Crippen LogP contribution in [0.15, 0.2) is 79.5 Å². The average Bonchev–Trinajstić information content (AvgIpc) is 3.08. The number of amides is 1. The van der Waals surface area contributed by atoms with Crippen LogP contribution in [0.2, 0.25) is 5.02 Å². The monoisotopic (exact) mass is 439 g/mol. The molecule has 128 valence electrons. The Kier molecular flexibility index (Phi) is 4.99. The summed E-state index contributed by atoms with van der Waals surface area (Å²) in [6, 6.07) is 15.3. The molecule has 8 heteroatoms. The second-order valence-corrected chi connectivity index (χ2v) is 8.18. The molecule has 1 heterocycles. The molecule has 0 atom stereocenters. The molecule has 0 spiro atoms. The number of sulfone groups is 1. The lowest BCUT2D eigenvalue weighted by Gasteiger charge is -2.05. The number of furan rings is 1. The minimum Gasteiger partial charge on any atom is -0.439 e. The van der Waals surface area contributed by atoms with Gasteiger partial charge in [-0.05, 0) is 64.5 Å². The zero-order valence-electron chi connectivity index (χ0n) is 12.6. The summed E-state index contributed by atoms with van der Waals surface area (Å²) in [5.41, 5.74) is 0.547. The summed E-state index contributed by atoms with van der Waals surface area (Å²) >= 11 is 9.09. The van der Waals surface area contributed by atoms with Crippen molar-refractivity contribution >= 4 is 49.0 Å². The van der Waals surface area contributed by atoms with Crippen LogP contribution >= 0.6 is 27.5 Å². The number of benzene rings is 2. The maximum atomic E-state index is 12.5. The lowest BCUT2D eigenvalue weighted by Crippen LogP contribution is -2.11. The SMILES string of the molecule is O=C(Nc1ccccc1Br)c1ccc(S(=O)(=O)c2ccc(Cl)cc2)o1. The van der Waals surface area contributed by atoms with Gasteiger partial charge in [0.25, 0.3) is 5.91 Å². The highest BCUT2D eigenvalue weighted by Crippen LogP contribution is 2.26. The van der Waals surface area contributed by atoms with Crippen molar-refractivity contribution in [2.24, 2.45) is 0 Å². The zero-order chi connectivity index (χ0) is 18.0. The fraction of sp³-hybridized carbons (Fsp3) is 0. The van der Waals surface area contributed by atoms with E-state index in [1.807, 2.05) is 6.07 Å². The average molecular weight is 441 g/mol. The van der Waals surface area contributed by atoms with Crippen LogP contribution in [0.25, 0.3) is 0 Å². The van der Waals surface area contributed by atoms with Crippen molar-refractivity contribution in [1.82, 2.24) is 0 Å². The van der Waals surface area contributed by atoms with E-state index < -0.39 is 15.7 Å². The van der Waals surface area contributed by atoms with Crippen molar-refractivity contribution < 1.29 is 17.6 Å². The van der Waals surface area contributed by atoms with E-state index >= 15 is 0 Å². The van der Waals surface area contributed by atoms with Gasteiger partial charge in [0.15, 0.2) is 5.76 Å². The number of carbonyl (C=O) groups excluding carboxylic acids is 1. The summed E-state index contributed by atoms with van der Waals surface area (Å²) < 4.78 is 31.0. The summed E-state index contributed by atoms with van der Waals surface area (Å²) in [6.07, 6.45) is 0. The number of hydrogen-bond donors (Lipinski definition) is 1. The molecule has 0 radical (unpaired) electrons. The van der Waals surface area contributed by atoms with E-state index in [1.54, 1.807) is 18.2 Å². The fourth-order valence-corrected chi connectivity index (χ4v) is 3.75. The highest BCUT2D eigenvalue weighted by atomic mass is 79.9. The summed E-state index contributed by atoms with van der Waals surface area (Å²) in [6.45, 7) is 0. The van der Waals surface area contributed by atoms with Gasteiger partial charge in [0, 0.05) is 9.50 Å². The summed E-state index contributed by atoms with van der Waals surface area (Å²) in [5, 5.41) is 2.76. The van der Waals surface area contributed by atoms with Gasteiger partial charge in [0.05, 0.1) is 10.6 Å². The first-order valence-corrected chi connectivity index (χ1v) is 9.70. The molecule has 0 saturated heterocycles. The fourth-order valence-electron chi connectivity index (χ4n) is 2.06. The van der Waals surface area contributed by atoms with Crippen molar-refractivity contribution in [3.8, 4) is 0 Å². The number of carbonyl (C=O) groups is 1. The largest absolute Gasteiger partial charge is 0.439 e. The van der Waals surface area contributed by atoms with E-state index in [1.165, 1.54) is 36.4 Å². The van der Waals surface area contributed by atoms with Gasteiger partial charge in [-0.3, -0.25) is 4.79 Å². The van der Waals surface area contributed by atoms with Crippen LogP contribution in [0.4, 0.5) is 5.69 Å². The molecular formula is C17H11BrClNO4S. The molecular weight excluding hydrogens is 430 g/mol. The minimum atomic E-state index is -3.86. The molecule has 0 bridgehead atoms. The Morgan fingerprint density at radius 1 is 1.00 bits per heavy atom. The predicted molar refractivity (Wildman–Crippen MR) is 97.7 cm³/mol. The molecule has 1 amide bonds. The Bertz CT molecular complexity index is 1030. The van der Waals surface area contributed by atoms with Gasteiger partial charge in [0.2, 0.25) is 14.9 Å². The number of hydrogen-bond acceptors (Lipinski definition) is 4. The molecule has 1 N–H and O–H groups in total. The quantitative estimate of drug-likeness (QED) is 0.633. The molecule has 5 nitrogen and oxygen atoms in total. The van der Waals surface area contributed by atoms with E-state index in [0.717, 1.165) is 0 Å². The Balaban J connectivity index is 1.85. The number of nitrogens with one attached hydrogen (secondary N) is 1. The van der Waals surface area contributed by atoms with Gasteiger partial charge in [-0.1, -0.05) is 23.7 Å². The molecule has 2 aromatic carbocycles. The normalized spacial score (nSPS) is 11.3. The third-order valence-corrected chi connectivity index (χ3v) is 5.90. The first kappa shape index (κ1) is 17.7. The summed E-state index contributed by atoms with van der Waals surface area (Å²) in [4.78, 5) is 12.3. The molecule has 1 aromatic heterocycles. The van der Waals surface area contributed by atoms with E-state index in [-0.39, 0.29) is 15.7 Å². The van der Waals surface area contributed by atoms with E-state index in [4.69, 9.17) is 16.0 Å². The van der Waals surface area contributed by atoms with E-state index in [0.29, 0.717) is 15.2 Å². The third-order valence-electron chi connectivity index (χ3n) is 3.32. The number of rotatable bonds is 4. The number of halogens is 2. The van der Waals surface area contributed by atoms with Gasteiger partial charge in [-0.2, -0.15) is 0 Å². The van der Waals surface area contributed by atoms with Crippen molar-refractivity contribution in [2.45, 2.75) is 9.99 Å². The van der Waals surface area contributed by atoms with Crippen LogP contribution in [-0.2, 0) is 9.84 Å². The summed E-state index contributed by atoms with van der Waals surface area (Å²) in [7, 11) is -3.86. The van der Waals surface area contributed by atoms with Crippen LogP contribution in [0.5, 0.6) is 0 Å². The van der Waals surface area contributed by atoms with Gasteiger partial charge in [0.1, 0.15) is 0 Å². The highest BCUT2D eigenvalue weighted by Gasteiger charge is 2.23. The van der Waals surface area contributed by atoms with Gasteiger partial charge < -0.3 is 9.73 Å². The second kappa shape index (κ2) is 7.03. The van der Waals surface area contributed by atoms with Gasteiger partial charge in [-0.15, -0.1) is 0 Å². The molecule has 0 aliphatic heterocycles. The minimum absolute atomic E-state index is 0.0315. The highest BCUT2D eigenvalue weighted by molar-refractivity contribution is 9.10. The number of para-hydroxylation sites is 1. The molecule has 3 aromatic rings. The number of anilines is 1. The standard InChI is InChI=1S/C17H11BrClNO4S/c18-13-3-1-2-4-14(13)20-17(21)15-9-10-16(24-15)25(22,23)12-7-5-11(19)6-8-12/h1-10H,(H,20,21). The molecule has 0 fully saturated rings. The molecule has 0 unspecified atom stereocenters. The van der Waals surface area contributed by atoms with Crippen molar-refractivity contribution in [1.29, 1.82) is 0 Å². The van der Waals surface area contributed by atoms with Crippen LogP contribution < -0.4 is 5.32 Å². The van der Waals surface area contributed by atoms with Gasteiger partial charge in [-0.25, -0.2) is 8.42 Å². The van der Waals surface area contributed by atoms with Crippen molar-refractivity contribution in [2.75, 3.05) is 5.32 Å². The predicted octanol–water partition coefficient (Wildman–Crippen LogP) is 4.78. The lowest BCUT2D eigenvalue weighted by atomic mass is 10.3. The zero-order valence-corrected chi connectivity index (χ0v) is 15.7. The molecule has 0 aliphatic rings. The summed E-state index contributed by atoms with van der Waals surface area (Å²) in [5.74, 6) is -0.659. The van der Waals surface area contributed by atoms with Crippen molar-refractivity contribution in [3.05, 3.63) is 75.9 Å². The Morgan fingerprint density at radius 3 is 2.36 bits per heavy atom. The molecule has 3 rings (SSSR count). The van der Waals surface area contributed by atoms with Crippen molar-refractivity contribution in [3.63, 3.8) is 0 Å². The van der Waals surface area contributed by atoms with Crippen LogP contribution in [-0.4, -0.2) is 14.3 Å². The topological polar surface area (TPSA) is 76.4 Å². The molecule has 0 saturated carbocycles. The smallest absolute Gasteiger partial charge is 0.291 e. The van der Waals surface area contributed by atoms with Gasteiger partial charge >= 0.3 is 0 Å². The molecule has 0 aliphatic carbocycles. The second-order valence-electron chi connectivity index (χ2n) is 5.01. The van der Waals surface area contributed by atoms with Crippen LogP contribution in [0, 0.1) is 0 Å². The third kappa shape index (κ3) is 3.78. The van der Waals surface area contributed by atoms with E-state index in [2.05, 4.69) is 21.2 Å². The first-order valence-electron chi connectivity index (χ1n) is 7.04. The molecule has 25 heavy (non-hydrogen) atoms. The first-order chi connectivity index (χ1) is 11.9. The Hall–Kier alpha value is -2.09. The Labute approximate surface area is 157 Å². The van der Waals surface area contributed by atoms with E-state index in [9.17, 15) is 13.2 Å².